The van der Waals surface area contributed by atoms with E-state index in [9.17, 15) is 28.8 Å². The Bertz CT molecular complexity index is 1380. The number of hydrogen-bond acceptors (Lipinski definition) is 7. The van der Waals surface area contributed by atoms with Gasteiger partial charge in [-0.25, -0.2) is 4.79 Å². The first kappa shape index (κ1) is 37.2. The van der Waals surface area contributed by atoms with Crippen LogP contribution in [0.4, 0.5) is 4.79 Å². The van der Waals surface area contributed by atoms with Crippen molar-refractivity contribution in [3.63, 3.8) is 0 Å². The highest BCUT2D eigenvalue weighted by atomic mass is 16.5. The number of methoxy groups -OCH3 is 1. The van der Waals surface area contributed by atoms with Crippen molar-refractivity contribution in [3.8, 4) is 5.75 Å². The minimum absolute atomic E-state index is 0.0516. The highest BCUT2D eigenvalue weighted by Gasteiger charge is 2.70. The fourth-order valence-electron chi connectivity index (χ4n) is 6.43. The third kappa shape index (κ3) is 8.20. The summed E-state index contributed by atoms with van der Waals surface area (Å²) in [6.07, 6.45) is 1.63. The van der Waals surface area contributed by atoms with Crippen LogP contribution < -0.4 is 26.0 Å². The summed E-state index contributed by atoms with van der Waals surface area (Å²) in [4.78, 5) is 81.5. The highest BCUT2D eigenvalue weighted by Crippen LogP contribution is 2.65. The van der Waals surface area contributed by atoms with Gasteiger partial charge in [-0.3, -0.25) is 24.0 Å². The van der Waals surface area contributed by atoms with E-state index in [0.717, 1.165) is 0 Å². The fraction of sp³-hybridized carbons (Fsp3) is 0.600. The number of benzene rings is 1. The van der Waals surface area contributed by atoms with Gasteiger partial charge in [-0.15, -0.1) is 6.58 Å². The van der Waals surface area contributed by atoms with Gasteiger partial charge in [0, 0.05) is 18.7 Å². The summed E-state index contributed by atoms with van der Waals surface area (Å²) in [5.41, 5.74) is -0.570. The van der Waals surface area contributed by atoms with Gasteiger partial charge >= 0.3 is 6.03 Å². The van der Waals surface area contributed by atoms with Crippen molar-refractivity contribution < 1.29 is 33.5 Å². The number of carbonyl (C=O) groups excluding carboxylic acids is 6. The standard InChI is InChI=1S/C35H51N5O7/c1-11-17-36-31(44)28(42)23(12-2)37-30(43)26-24-22(35(24,8)9)18-40(26)32(45)29(34(5,6)7)39-33(46)38-25(19(3)4)27(41)20-13-15-21(47-10)16-14-20/h11,13-16,19,22-26,29H,1,12,17-18H2,2-10H3,(H,36,44)(H,37,43)(H2,38,39,46)/t22-,23?,24-,25-,26-,29+/m0/s1. The number of urea groups is 1. The third-order valence-electron chi connectivity index (χ3n) is 9.43. The lowest BCUT2D eigenvalue weighted by Gasteiger charge is -2.38. The maximum atomic E-state index is 14.3. The minimum atomic E-state index is -1.07. The smallest absolute Gasteiger partial charge is 0.316 e. The van der Waals surface area contributed by atoms with Crippen molar-refractivity contribution in [1.82, 2.24) is 26.2 Å². The third-order valence-corrected chi connectivity index (χ3v) is 9.43. The zero-order valence-electron chi connectivity index (χ0n) is 29.1. The van der Waals surface area contributed by atoms with Crippen LogP contribution in [0.25, 0.3) is 0 Å². The first-order chi connectivity index (χ1) is 21.9. The van der Waals surface area contributed by atoms with Crippen molar-refractivity contribution in [3.05, 3.63) is 42.5 Å². The Kier molecular flexibility index (Phi) is 11.6. The molecule has 6 atom stereocenters. The predicted molar refractivity (Wildman–Crippen MR) is 178 cm³/mol. The average Bonchev–Trinajstić information content (AvgIpc) is 3.33. The zero-order valence-corrected chi connectivity index (χ0v) is 29.1. The molecular weight excluding hydrogens is 602 g/mol. The lowest BCUT2D eigenvalue weighted by atomic mass is 9.85. The summed E-state index contributed by atoms with van der Waals surface area (Å²) in [6.45, 7) is 18.8. The Hall–Kier alpha value is -4.22. The number of nitrogens with zero attached hydrogens (tertiary/aromatic N) is 1. The van der Waals surface area contributed by atoms with E-state index < -0.39 is 59.1 Å². The van der Waals surface area contributed by atoms with Crippen molar-refractivity contribution in [1.29, 1.82) is 0 Å². The monoisotopic (exact) mass is 653 g/mol. The zero-order chi connectivity index (χ0) is 35.4. The molecule has 258 valence electrons. The van der Waals surface area contributed by atoms with Crippen LogP contribution in [-0.4, -0.2) is 84.6 Å². The Morgan fingerprint density at radius 2 is 1.66 bits per heavy atom. The maximum absolute atomic E-state index is 14.3. The molecule has 12 heteroatoms. The Morgan fingerprint density at radius 1 is 1.04 bits per heavy atom. The normalized spacial score (nSPS) is 21.4. The van der Waals surface area contributed by atoms with Gasteiger partial charge in [0.05, 0.1) is 19.2 Å². The average molecular weight is 654 g/mol. The Morgan fingerprint density at radius 3 is 2.17 bits per heavy atom. The number of hydrogen-bond donors (Lipinski definition) is 4. The van der Waals surface area contributed by atoms with Gasteiger partial charge in [0.25, 0.3) is 5.91 Å². The summed E-state index contributed by atoms with van der Waals surface area (Å²) in [6, 6.07) is 2.04. The molecule has 0 bridgehead atoms. The molecule has 0 radical (unpaired) electrons. The molecular formula is C35H51N5O7. The number of rotatable bonds is 14. The molecule has 2 aliphatic rings. The molecule has 12 nitrogen and oxygen atoms in total. The van der Waals surface area contributed by atoms with Gasteiger partial charge in [-0.1, -0.05) is 61.5 Å². The summed E-state index contributed by atoms with van der Waals surface area (Å²) in [5, 5.41) is 10.7. The second-order valence-electron chi connectivity index (χ2n) is 14.5. The minimum Gasteiger partial charge on any atom is -0.497 e. The predicted octanol–water partition coefficient (Wildman–Crippen LogP) is 2.87. The molecule has 1 unspecified atom stereocenters. The van der Waals surface area contributed by atoms with Crippen molar-refractivity contribution in [2.24, 2.45) is 28.6 Å². The van der Waals surface area contributed by atoms with E-state index in [2.05, 4.69) is 27.8 Å². The Balaban J connectivity index is 1.81. The number of amides is 5. The molecule has 0 spiro atoms. The van der Waals surface area contributed by atoms with Crippen molar-refractivity contribution >= 4 is 35.3 Å². The molecule has 1 heterocycles. The van der Waals surface area contributed by atoms with Crippen LogP contribution in [-0.2, 0) is 19.2 Å². The van der Waals surface area contributed by atoms with Gasteiger partial charge in [-0.05, 0) is 59.3 Å². The summed E-state index contributed by atoms with van der Waals surface area (Å²) < 4.78 is 5.18. The molecule has 1 aliphatic heterocycles. The molecule has 2 fully saturated rings. The second-order valence-corrected chi connectivity index (χ2v) is 14.5. The second kappa shape index (κ2) is 14.7. The van der Waals surface area contributed by atoms with E-state index in [1.807, 2.05) is 48.5 Å². The summed E-state index contributed by atoms with van der Waals surface area (Å²) >= 11 is 0. The molecule has 1 aromatic carbocycles. The first-order valence-electron chi connectivity index (χ1n) is 16.2. The van der Waals surface area contributed by atoms with E-state index in [0.29, 0.717) is 17.9 Å². The van der Waals surface area contributed by atoms with E-state index in [-0.39, 0.29) is 41.9 Å². The van der Waals surface area contributed by atoms with E-state index in [1.165, 1.54) is 18.1 Å². The van der Waals surface area contributed by atoms with Crippen LogP contribution in [0.1, 0.15) is 72.2 Å². The molecule has 3 rings (SSSR count). The van der Waals surface area contributed by atoms with Gasteiger partial charge < -0.3 is 30.9 Å². The SMILES string of the molecule is C=CCNC(=O)C(=O)C(CC)NC(=O)[C@@H]1[C@@H]2[C@H](CN1C(=O)[C@@H](NC(=O)N[C@H](C(=O)c1ccc(OC)cc1)C(C)C)C(C)(C)C)C2(C)C. The Labute approximate surface area is 277 Å². The quantitative estimate of drug-likeness (QED) is 0.136. The van der Waals surface area contributed by atoms with Gasteiger partial charge in [0.2, 0.25) is 17.6 Å². The number of ether oxygens (including phenoxy) is 1. The van der Waals surface area contributed by atoms with Crippen molar-refractivity contribution in [2.75, 3.05) is 20.2 Å². The number of nitrogens with one attached hydrogen (secondary N) is 4. The van der Waals surface area contributed by atoms with Gasteiger partial charge in [0.1, 0.15) is 17.8 Å². The molecule has 1 aromatic rings. The molecule has 0 aromatic heterocycles. The van der Waals surface area contributed by atoms with Crippen LogP contribution in [0.5, 0.6) is 5.75 Å². The summed E-state index contributed by atoms with van der Waals surface area (Å²) in [7, 11) is 1.53. The fourth-order valence-corrected chi connectivity index (χ4v) is 6.43. The van der Waals surface area contributed by atoms with E-state index >= 15 is 0 Å². The largest absolute Gasteiger partial charge is 0.497 e. The number of ketones is 2. The number of likely N-dealkylation sites (tertiary alicyclic amines) is 1. The lowest BCUT2D eigenvalue weighted by molar-refractivity contribution is -0.145. The van der Waals surface area contributed by atoms with Gasteiger partial charge in [0.15, 0.2) is 5.78 Å². The van der Waals surface area contributed by atoms with Crippen LogP contribution in [0, 0.1) is 28.6 Å². The lowest BCUT2D eigenvalue weighted by Crippen LogP contribution is -2.62. The van der Waals surface area contributed by atoms with E-state index in [1.54, 1.807) is 31.2 Å². The molecule has 4 N–H and O–H groups in total. The molecule has 1 aliphatic carbocycles. The van der Waals surface area contributed by atoms with Gasteiger partial charge in [-0.2, -0.15) is 0 Å². The molecule has 1 saturated carbocycles. The first-order valence-corrected chi connectivity index (χ1v) is 16.2. The molecule has 47 heavy (non-hydrogen) atoms. The number of piperidine rings is 1. The number of carbonyl (C=O) groups is 6. The van der Waals surface area contributed by atoms with Crippen LogP contribution in [0.15, 0.2) is 36.9 Å². The molecule has 5 amide bonds. The van der Waals surface area contributed by atoms with E-state index in [4.69, 9.17) is 4.74 Å². The van der Waals surface area contributed by atoms with Crippen molar-refractivity contribution in [2.45, 2.75) is 86.0 Å². The van der Waals surface area contributed by atoms with Crippen LogP contribution in [0.3, 0.4) is 0 Å². The molecule has 1 saturated heterocycles. The summed E-state index contributed by atoms with van der Waals surface area (Å²) in [5.74, 6) is -2.61. The maximum Gasteiger partial charge on any atom is 0.316 e. The topological polar surface area (TPSA) is 163 Å². The number of fused-ring (bicyclic) bond motifs is 1. The highest BCUT2D eigenvalue weighted by molar-refractivity contribution is 6.38. The van der Waals surface area contributed by atoms with Crippen LogP contribution in [0.2, 0.25) is 0 Å². The van der Waals surface area contributed by atoms with Crippen LogP contribution >= 0.6 is 0 Å². The number of Topliss-reactive ketones (excluding diaryl/α,β-unsaturated/α-hetero) is 2.